The summed E-state index contributed by atoms with van der Waals surface area (Å²) in [6, 6.07) is 4.74. The molecule has 1 amide bonds. The maximum absolute atomic E-state index is 12.4. The predicted molar refractivity (Wildman–Crippen MR) is 94.7 cm³/mol. The second-order valence-corrected chi connectivity index (χ2v) is 8.91. The van der Waals surface area contributed by atoms with Gasteiger partial charge < -0.3 is 5.32 Å². The van der Waals surface area contributed by atoms with Crippen LogP contribution < -0.4 is 10.5 Å². The van der Waals surface area contributed by atoms with Gasteiger partial charge in [0.1, 0.15) is 9.09 Å². The summed E-state index contributed by atoms with van der Waals surface area (Å²) >= 11 is 2.23. The van der Waals surface area contributed by atoms with Gasteiger partial charge in [-0.2, -0.15) is 0 Å². The summed E-state index contributed by atoms with van der Waals surface area (Å²) in [6.45, 7) is 1.94. The highest BCUT2D eigenvalue weighted by molar-refractivity contribution is 7.91. The zero-order valence-electron chi connectivity index (χ0n) is 13.0. The van der Waals surface area contributed by atoms with Crippen molar-refractivity contribution in [3.05, 3.63) is 46.0 Å². The number of aromatic nitrogens is 3. The molecule has 3 rings (SSSR count). The van der Waals surface area contributed by atoms with Crippen molar-refractivity contribution in [1.29, 1.82) is 0 Å². The molecule has 0 aliphatic heterocycles. The lowest BCUT2D eigenvalue weighted by Gasteiger charge is -2.01. The molecule has 3 aromatic rings. The van der Waals surface area contributed by atoms with E-state index in [4.69, 9.17) is 5.14 Å². The van der Waals surface area contributed by atoms with Crippen molar-refractivity contribution in [2.24, 2.45) is 5.14 Å². The van der Waals surface area contributed by atoms with E-state index in [2.05, 4.69) is 20.3 Å². The molecule has 3 heterocycles. The van der Waals surface area contributed by atoms with Gasteiger partial charge >= 0.3 is 0 Å². The number of aryl methyl sites for hydroxylation is 1. The average Bonchev–Trinajstić information content (AvgIpc) is 3.20. The van der Waals surface area contributed by atoms with E-state index in [-0.39, 0.29) is 16.7 Å². The molecule has 0 aliphatic rings. The minimum Gasteiger partial charge on any atom is -0.346 e. The second-order valence-electron chi connectivity index (χ2n) is 4.95. The quantitative estimate of drug-likeness (QED) is 0.674. The van der Waals surface area contributed by atoms with Crippen LogP contribution in [-0.2, 0) is 16.6 Å². The molecule has 0 aliphatic carbocycles. The van der Waals surface area contributed by atoms with E-state index in [9.17, 15) is 13.2 Å². The smallest absolute Gasteiger partial charge is 0.263 e. The molecule has 0 bridgehead atoms. The van der Waals surface area contributed by atoms with Gasteiger partial charge in [0.05, 0.1) is 12.2 Å². The summed E-state index contributed by atoms with van der Waals surface area (Å²) < 4.78 is 22.6. The Labute approximate surface area is 151 Å². The Hall–Kier alpha value is -2.21. The van der Waals surface area contributed by atoms with Crippen LogP contribution in [0.2, 0.25) is 0 Å². The number of primary sulfonamides is 1. The molecule has 3 aromatic heterocycles. The molecule has 0 unspecified atom stereocenters. The first-order valence-corrected chi connectivity index (χ1v) is 10.2. The van der Waals surface area contributed by atoms with E-state index in [1.165, 1.54) is 17.4 Å². The minimum atomic E-state index is -3.72. The number of thiazole rings is 1. The summed E-state index contributed by atoms with van der Waals surface area (Å²) in [4.78, 5) is 26.1. The second kappa shape index (κ2) is 6.96. The zero-order valence-corrected chi connectivity index (χ0v) is 15.4. The predicted octanol–water partition coefficient (Wildman–Crippen LogP) is 1.55. The summed E-state index contributed by atoms with van der Waals surface area (Å²) in [5.41, 5.74) is 0.585. The highest BCUT2D eigenvalue weighted by Crippen LogP contribution is 2.25. The van der Waals surface area contributed by atoms with Crippen LogP contribution in [0.1, 0.15) is 20.2 Å². The van der Waals surface area contributed by atoms with Crippen LogP contribution in [0, 0.1) is 6.92 Å². The molecule has 11 heteroatoms. The van der Waals surface area contributed by atoms with Crippen LogP contribution >= 0.6 is 22.7 Å². The Balaban J connectivity index is 1.72. The van der Waals surface area contributed by atoms with Gasteiger partial charge in [-0.15, -0.1) is 22.7 Å². The van der Waals surface area contributed by atoms with Crippen LogP contribution in [0.15, 0.2) is 34.8 Å². The molecule has 25 heavy (non-hydrogen) atoms. The van der Waals surface area contributed by atoms with Crippen molar-refractivity contribution >= 4 is 38.6 Å². The van der Waals surface area contributed by atoms with Crippen LogP contribution in [0.25, 0.3) is 10.8 Å². The molecule has 0 radical (unpaired) electrons. The monoisotopic (exact) mass is 395 g/mol. The molecule has 0 saturated heterocycles. The maximum atomic E-state index is 12.4. The van der Waals surface area contributed by atoms with Crippen molar-refractivity contribution < 1.29 is 13.2 Å². The lowest BCUT2D eigenvalue weighted by molar-refractivity contribution is 0.0954. The number of rotatable bonds is 5. The molecular formula is C14H13N5O3S3. The van der Waals surface area contributed by atoms with Crippen molar-refractivity contribution in [2.75, 3.05) is 0 Å². The maximum Gasteiger partial charge on any atom is 0.263 e. The molecule has 0 atom stereocenters. The molecule has 0 spiro atoms. The molecule has 3 N–H and O–H groups in total. The Morgan fingerprint density at radius 1 is 1.24 bits per heavy atom. The van der Waals surface area contributed by atoms with Crippen molar-refractivity contribution in [2.45, 2.75) is 17.7 Å². The van der Waals surface area contributed by atoms with Crippen LogP contribution in [0.3, 0.4) is 0 Å². The van der Waals surface area contributed by atoms with Gasteiger partial charge in [0, 0.05) is 17.3 Å². The number of hydrogen-bond donors (Lipinski definition) is 2. The molecular weight excluding hydrogens is 382 g/mol. The van der Waals surface area contributed by atoms with E-state index in [1.54, 1.807) is 31.5 Å². The topological polar surface area (TPSA) is 128 Å². The van der Waals surface area contributed by atoms with Gasteiger partial charge in [-0.25, -0.2) is 28.5 Å². The number of nitrogens with zero attached hydrogens (tertiary/aromatic N) is 3. The number of carbonyl (C=O) groups is 1. The van der Waals surface area contributed by atoms with Gasteiger partial charge in [0.2, 0.25) is 10.0 Å². The minimum absolute atomic E-state index is 0.0641. The fraction of sp³-hybridized carbons (Fsp3) is 0.143. The van der Waals surface area contributed by atoms with Crippen molar-refractivity contribution in [3.8, 4) is 10.8 Å². The van der Waals surface area contributed by atoms with Crippen LogP contribution in [0.5, 0.6) is 0 Å². The number of sulfonamides is 1. The Kier molecular flexibility index (Phi) is 4.90. The fourth-order valence-corrected chi connectivity index (χ4v) is 4.62. The molecule has 0 aromatic carbocycles. The van der Waals surface area contributed by atoms with Gasteiger partial charge in [0.15, 0.2) is 10.8 Å². The Morgan fingerprint density at radius 2 is 1.96 bits per heavy atom. The summed E-state index contributed by atoms with van der Waals surface area (Å²) in [6.07, 6.45) is 3.22. The molecule has 130 valence electrons. The van der Waals surface area contributed by atoms with E-state index >= 15 is 0 Å². The molecule has 0 saturated carbocycles. The third kappa shape index (κ3) is 4.07. The number of hydrogen-bond acceptors (Lipinski definition) is 8. The summed E-state index contributed by atoms with van der Waals surface area (Å²) in [5, 5.41) is 8.39. The zero-order chi connectivity index (χ0) is 18.0. The highest BCUT2D eigenvalue weighted by atomic mass is 32.2. The first kappa shape index (κ1) is 17.6. The van der Waals surface area contributed by atoms with Crippen LogP contribution in [0.4, 0.5) is 0 Å². The average molecular weight is 395 g/mol. The molecule has 8 nitrogen and oxygen atoms in total. The van der Waals surface area contributed by atoms with Gasteiger partial charge in [-0.3, -0.25) is 4.79 Å². The first-order chi connectivity index (χ1) is 11.8. The van der Waals surface area contributed by atoms with Gasteiger partial charge in [-0.05, 0) is 25.1 Å². The van der Waals surface area contributed by atoms with E-state index in [0.29, 0.717) is 26.3 Å². The number of carbonyl (C=O) groups excluding carboxylic acids is 1. The van der Waals surface area contributed by atoms with Crippen molar-refractivity contribution in [3.63, 3.8) is 0 Å². The van der Waals surface area contributed by atoms with Crippen molar-refractivity contribution in [1.82, 2.24) is 20.3 Å². The SMILES string of the molecule is Cc1nc(-c2ncccn2)sc1C(=O)NCc1ccc(S(N)(=O)=O)s1. The van der Waals surface area contributed by atoms with Crippen LogP contribution in [-0.4, -0.2) is 29.3 Å². The van der Waals surface area contributed by atoms with Gasteiger partial charge in [0.25, 0.3) is 5.91 Å². The number of nitrogens with two attached hydrogens (primary N) is 1. The van der Waals surface area contributed by atoms with Gasteiger partial charge in [-0.1, -0.05) is 0 Å². The summed E-state index contributed by atoms with van der Waals surface area (Å²) in [7, 11) is -3.72. The highest BCUT2D eigenvalue weighted by Gasteiger charge is 2.18. The van der Waals surface area contributed by atoms with E-state index < -0.39 is 10.0 Å². The largest absolute Gasteiger partial charge is 0.346 e. The molecule has 0 fully saturated rings. The van der Waals surface area contributed by atoms with E-state index in [1.807, 2.05) is 0 Å². The first-order valence-electron chi connectivity index (χ1n) is 6.99. The Bertz CT molecular complexity index is 1010. The standard InChI is InChI=1S/C14H13N5O3S3/c1-8-11(24-14(19-8)12-16-5-2-6-17-12)13(20)18-7-9-3-4-10(23-9)25(15,21)22/h2-6H,7H2,1H3,(H,18,20)(H2,15,21,22). The number of nitrogens with one attached hydrogen (secondary N) is 1. The van der Waals surface area contributed by atoms with E-state index in [0.717, 1.165) is 11.3 Å². The lowest BCUT2D eigenvalue weighted by Crippen LogP contribution is -2.22. The summed E-state index contributed by atoms with van der Waals surface area (Å²) in [5.74, 6) is 0.174. The third-order valence-corrected chi connectivity index (χ3v) is 6.78. The number of amides is 1. The number of thiophene rings is 1. The Morgan fingerprint density at radius 3 is 2.60 bits per heavy atom. The fourth-order valence-electron chi connectivity index (χ4n) is 1.97. The third-order valence-electron chi connectivity index (χ3n) is 3.10. The normalized spacial score (nSPS) is 11.4. The lowest BCUT2D eigenvalue weighted by atomic mass is 10.3.